The van der Waals surface area contributed by atoms with Crippen molar-refractivity contribution in [3.8, 4) is 0 Å². The highest BCUT2D eigenvalue weighted by Gasteiger charge is 2.29. The second kappa shape index (κ2) is 5.30. The van der Waals surface area contributed by atoms with Crippen LogP contribution in [0.2, 0.25) is 0 Å². The zero-order chi connectivity index (χ0) is 13.2. The van der Waals surface area contributed by atoms with Crippen molar-refractivity contribution in [1.29, 1.82) is 0 Å². The molecule has 6 heteroatoms. The van der Waals surface area contributed by atoms with Crippen LogP contribution < -0.4 is 0 Å². The summed E-state index contributed by atoms with van der Waals surface area (Å²) in [6.07, 6.45) is 2.24. The van der Waals surface area contributed by atoms with Gasteiger partial charge in [-0.25, -0.2) is 4.39 Å². The van der Waals surface area contributed by atoms with Crippen molar-refractivity contribution in [3.63, 3.8) is 0 Å². The number of thioether (sulfide) groups is 1. The molecule has 1 fully saturated rings. The summed E-state index contributed by atoms with van der Waals surface area (Å²) in [6.45, 7) is -0.0827. The quantitative estimate of drug-likeness (QED) is 0.855. The fourth-order valence-electron chi connectivity index (χ4n) is 1.94. The molecule has 1 aromatic heterocycles. The van der Waals surface area contributed by atoms with Crippen LogP contribution in [0.3, 0.4) is 0 Å². The zero-order valence-corrected chi connectivity index (χ0v) is 11.1. The molecule has 0 saturated heterocycles. The van der Waals surface area contributed by atoms with Crippen LogP contribution in [0.25, 0.3) is 0 Å². The Kier molecular flexibility index (Phi) is 3.52. The summed E-state index contributed by atoms with van der Waals surface area (Å²) >= 11 is 1.57. The first-order chi connectivity index (χ1) is 9.28. The van der Waals surface area contributed by atoms with Crippen LogP contribution >= 0.6 is 11.8 Å². The molecule has 0 atom stereocenters. The van der Waals surface area contributed by atoms with Crippen LogP contribution in [0.5, 0.6) is 0 Å². The van der Waals surface area contributed by atoms with Gasteiger partial charge < -0.3 is 9.67 Å². The molecule has 4 nitrogen and oxygen atoms in total. The van der Waals surface area contributed by atoms with E-state index in [9.17, 15) is 9.50 Å². The number of halogens is 1. The third kappa shape index (κ3) is 2.79. The van der Waals surface area contributed by atoms with Crippen LogP contribution in [0.1, 0.15) is 30.3 Å². The summed E-state index contributed by atoms with van der Waals surface area (Å²) in [4.78, 5) is 0. The molecule has 19 heavy (non-hydrogen) atoms. The Morgan fingerprint density at radius 1 is 1.26 bits per heavy atom. The lowest BCUT2D eigenvalue weighted by Crippen LogP contribution is -2.02. The van der Waals surface area contributed by atoms with Gasteiger partial charge in [0.25, 0.3) is 0 Å². The maximum Gasteiger partial charge on any atom is 0.191 e. The summed E-state index contributed by atoms with van der Waals surface area (Å²) < 4.78 is 14.8. The van der Waals surface area contributed by atoms with Crippen molar-refractivity contribution in [3.05, 3.63) is 41.5 Å². The van der Waals surface area contributed by atoms with Gasteiger partial charge in [-0.05, 0) is 30.5 Å². The fourth-order valence-corrected chi connectivity index (χ4v) is 2.92. The van der Waals surface area contributed by atoms with Gasteiger partial charge in [-0.15, -0.1) is 10.2 Å². The average molecular weight is 279 g/mol. The second-order valence-electron chi connectivity index (χ2n) is 4.57. The molecule has 0 aliphatic heterocycles. The second-order valence-corrected chi connectivity index (χ2v) is 5.52. The molecule has 0 radical (unpaired) electrons. The van der Waals surface area contributed by atoms with E-state index in [1.165, 1.54) is 12.1 Å². The first-order valence-corrected chi connectivity index (χ1v) is 7.18. The van der Waals surface area contributed by atoms with Crippen LogP contribution in [0, 0.1) is 5.82 Å². The number of aliphatic hydroxyl groups excluding tert-OH is 1. The summed E-state index contributed by atoms with van der Waals surface area (Å²) in [5.41, 5.74) is 1.04. The van der Waals surface area contributed by atoms with Gasteiger partial charge in [0.15, 0.2) is 11.0 Å². The third-order valence-electron chi connectivity index (χ3n) is 3.07. The van der Waals surface area contributed by atoms with Crippen LogP contribution in [0.15, 0.2) is 29.4 Å². The Balaban J connectivity index is 1.73. The summed E-state index contributed by atoms with van der Waals surface area (Å²) in [6, 6.07) is 6.90. The summed E-state index contributed by atoms with van der Waals surface area (Å²) in [5.74, 6) is 1.12. The van der Waals surface area contributed by atoms with Gasteiger partial charge in [0.1, 0.15) is 12.4 Å². The van der Waals surface area contributed by atoms with Gasteiger partial charge >= 0.3 is 0 Å². The predicted molar refractivity (Wildman–Crippen MR) is 70.2 cm³/mol. The van der Waals surface area contributed by atoms with E-state index in [0.717, 1.165) is 29.3 Å². The van der Waals surface area contributed by atoms with E-state index in [-0.39, 0.29) is 12.4 Å². The first kappa shape index (κ1) is 12.6. The Bertz CT molecular complexity index is 566. The molecule has 3 rings (SSSR count). The molecule has 0 bridgehead atoms. The van der Waals surface area contributed by atoms with Gasteiger partial charge in [-0.1, -0.05) is 23.9 Å². The van der Waals surface area contributed by atoms with Gasteiger partial charge in [0.2, 0.25) is 0 Å². The van der Waals surface area contributed by atoms with E-state index in [4.69, 9.17) is 0 Å². The Morgan fingerprint density at radius 2 is 2.00 bits per heavy atom. The van der Waals surface area contributed by atoms with Crippen molar-refractivity contribution in [2.45, 2.75) is 36.4 Å². The van der Waals surface area contributed by atoms with E-state index in [1.807, 2.05) is 4.57 Å². The minimum absolute atomic E-state index is 0.0827. The highest BCUT2D eigenvalue weighted by Crippen LogP contribution is 2.39. The molecule has 1 aliphatic carbocycles. The lowest BCUT2D eigenvalue weighted by molar-refractivity contribution is 0.263. The largest absolute Gasteiger partial charge is 0.388 e. The SMILES string of the molecule is OCc1nnc(SCc2ccc(F)cc2)n1C1CC1. The van der Waals surface area contributed by atoms with Gasteiger partial charge in [-0.2, -0.15) is 0 Å². The molecule has 2 aromatic rings. The maximum absolute atomic E-state index is 12.8. The maximum atomic E-state index is 12.8. The van der Waals surface area contributed by atoms with Gasteiger partial charge in [0, 0.05) is 11.8 Å². The van der Waals surface area contributed by atoms with E-state index in [2.05, 4.69) is 10.2 Å². The van der Waals surface area contributed by atoms with Crippen molar-refractivity contribution in [2.75, 3.05) is 0 Å². The lowest BCUT2D eigenvalue weighted by Gasteiger charge is -2.07. The summed E-state index contributed by atoms with van der Waals surface area (Å²) in [7, 11) is 0. The van der Waals surface area contributed by atoms with E-state index in [1.54, 1.807) is 23.9 Å². The molecular formula is C13H14FN3OS. The standard InChI is InChI=1S/C13H14FN3OS/c14-10-3-1-9(2-4-10)8-19-13-16-15-12(7-18)17(13)11-5-6-11/h1-4,11,18H,5-8H2. The molecule has 1 aliphatic rings. The molecule has 1 N–H and O–H groups in total. The topological polar surface area (TPSA) is 50.9 Å². The van der Waals surface area contributed by atoms with Gasteiger partial charge in [0.05, 0.1) is 0 Å². The number of hydrogen-bond donors (Lipinski definition) is 1. The molecule has 1 heterocycles. The highest BCUT2D eigenvalue weighted by molar-refractivity contribution is 7.98. The average Bonchev–Trinajstić information content (AvgIpc) is 3.18. The van der Waals surface area contributed by atoms with Crippen molar-refractivity contribution in [2.24, 2.45) is 0 Å². The number of aromatic nitrogens is 3. The molecule has 1 aromatic carbocycles. The predicted octanol–water partition coefficient (Wildman–Crippen LogP) is 2.54. The lowest BCUT2D eigenvalue weighted by atomic mass is 10.2. The zero-order valence-electron chi connectivity index (χ0n) is 10.3. The highest BCUT2D eigenvalue weighted by atomic mass is 32.2. The van der Waals surface area contributed by atoms with Crippen LogP contribution in [-0.4, -0.2) is 19.9 Å². The van der Waals surface area contributed by atoms with E-state index < -0.39 is 0 Å². The Labute approximate surface area is 114 Å². The number of nitrogens with zero attached hydrogens (tertiary/aromatic N) is 3. The molecule has 100 valence electrons. The van der Waals surface area contributed by atoms with Crippen molar-refractivity contribution in [1.82, 2.24) is 14.8 Å². The third-order valence-corrected chi connectivity index (χ3v) is 4.08. The monoisotopic (exact) mass is 279 g/mol. The van der Waals surface area contributed by atoms with Crippen LogP contribution in [-0.2, 0) is 12.4 Å². The molecule has 1 saturated carbocycles. The van der Waals surface area contributed by atoms with Gasteiger partial charge in [-0.3, -0.25) is 0 Å². The van der Waals surface area contributed by atoms with E-state index >= 15 is 0 Å². The number of benzene rings is 1. The fraction of sp³-hybridized carbons (Fsp3) is 0.385. The summed E-state index contributed by atoms with van der Waals surface area (Å²) in [5, 5.41) is 18.2. The first-order valence-electron chi connectivity index (χ1n) is 6.20. The number of aliphatic hydroxyl groups is 1. The molecular weight excluding hydrogens is 265 g/mol. The number of hydrogen-bond acceptors (Lipinski definition) is 4. The number of rotatable bonds is 5. The normalized spacial score (nSPS) is 14.8. The van der Waals surface area contributed by atoms with E-state index in [0.29, 0.717) is 11.9 Å². The Morgan fingerprint density at radius 3 is 2.63 bits per heavy atom. The minimum atomic E-state index is -0.225. The molecule has 0 spiro atoms. The molecule has 0 amide bonds. The minimum Gasteiger partial charge on any atom is -0.388 e. The Hall–Kier alpha value is -1.40. The van der Waals surface area contributed by atoms with Crippen LogP contribution in [0.4, 0.5) is 4.39 Å². The molecule has 0 unspecified atom stereocenters. The van der Waals surface area contributed by atoms with Crippen molar-refractivity contribution < 1.29 is 9.50 Å². The smallest absolute Gasteiger partial charge is 0.191 e. The van der Waals surface area contributed by atoms with Crippen molar-refractivity contribution >= 4 is 11.8 Å².